The number of hydrogen-bond acceptors (Lipinski definition) is 9. The highest BCUT2D eigenvalue weighted by Crippen LogP contribution is 2.37. The van der Waals surface area contributed by atoms with Gasteiger partial charge in [0.25, 0.3) is 5.56 Å². The van der Waals surface area contributed by atoms with Crippen molar-refractivity contribution in [3.05, 3.63) is 98.9 Å². The van der Waals surface area contributed by atoms with Gasteiger partial charge < -0.3 is 23.6 Å². The van der Waals surface area contributed by atoms with Crippen molar-refractivity contribution in [2.24, 2.45) is 0 Å². The van der Waals surface area contributed by atoms with Gasteiger partial charge in [0.05, 0.1) is 31.5 Å². The van der Waals surface area contributed by atoms with Crippen LogP contribution in [0.15, 0.2) is 70.1 Å². The van der Waals surface area contributed by atoms with E-state index in [4.69, 9.17) is 30.2 Å². The molecule has 0 aliphatic carbocycles. The lowest BCUT2D eigenvalue weighted by Gasteiger charge is -2.30. The van der Waals surface area contributed by atoms with Crippen molar-refractivity contribution in [3.8, 4) is 11.5 Å². The second-order valence-corrected chi connectivity index (χ2v) is 9.55. The van der Waals surface area contributed by atoms with E-state index >= 15 is 0 Å². The summed E-state index contributed by atoms with van der Waals surface area (Å²) in [5.74, 6) is 2.44. The number of aromatic nitrogens is 5. The lowest BCUT2D eigenvalue weighted by Crippen LogP contribution is -2.35. The Kier molecular flexibility index (Phi) is 7.01. The van der Waals surface area contributed by atoms with Gasteiger partial charge in [-0.3, -0.25) is 9.69 Å². The van der Waals surface area contributed by atoms with E-state index in [9.17, 15) is 4.79 Å². The first kappa shape index (κ1) is 25.1. The van der Waals surface area contributed by atoms with Crippen LogP contribution in [0.1, 0.15) is 28.8 Å². The highest BCUT2D eigenvalue weighted by atomic mass is 35.5. The number of pyridine rings is 1. The summed E-state index contributed by atoms with van der Waals surface area (Å²) in [5.41, 5.74) is 1.83. The van der Waals surface area contributed by atoms with E-state index in [1.165, 1.54) is 0 Å². The number of benzene rings is 2. The Labute approximate surface area is 227 Å². The summed E-state index contributed by atoms with van der Waals surface area (Å²) in [6, 6.07) is 16.2. The van der Waals surface area contributed by atoms with Gasteiger partial charge in [0.2, 0.25) is 6.79 Å². The zero-order valence-electron chi connectivity index (χ0n) is 21.0. The van der Waals surface area contributed by atoms with Gasteiger partial charge in [-0.2, -0.15) is 0 Å². The first-order chi connectivity index (χ1) is 19.1. The van der Waals surface area contributed by atoms with Gasteiger partial charge in [0, 0.05) is 35.7 Å². The number of aromatic amines is 1. The van der Waals surface area contributed by atoms with Crippen LogP contribution in [-0.4, -0.2) is 50.6 Å². The SMILES string of the molecule is COCCn1nnnc1[C@H](c1cc2cc3c(cc2[nH]c1=O)OCO3)N(Cc1ccc(Cl)cc1)Cc1ccco1. The van der Waals surface area contributed by atoms with E-state index in [1.807, 2.05) is 48.5 Å². The number of fused-ring (bicyclic) bond motifs is 2. The number of nitrogens with zero attached hydrogens (tertiary/aromatic N) is 5. The van der Waals surface area contributed by atoms with Crippen molar-refractivity contribution < 1.29 is 18.6 Å². The first-order valence-electron chi connectivity index (χ1n) is 12.3. The number of nitrogens with one attached hydrogen (secondary N) is 1. The molecule has 1 atom stereocenters. The Morgan fingerprint density at radius 2 is 1.95 bits per heavy atom. The second-order valence-electron chi connectivity index (χ2n) is 9.11. The van der Waals surface area contributed by atoms with Crippen molar-refractivity contribution in [2.45, 2.75) is 25.7 Å². The summed E-state index contributed by atoms with van der Waals surface area (Å²) < 4.78 is 23.7. The predicted octanol–water partition coefficient (Wildman–Crippen LogP) is 3.93. The van der Waals surface area contributed by atoms with Gasteiger partial charge in [0.15, 0.2) is 17.3 Å². The zero-order chi connectivity index (χ0) is 26.8. The molecule has 11 nitrogen and oxygen atoms in total. The lowest BCUT2D eigenvalue weighted by atomic mass is 10.0. The van der Waals surface area contributed by atoms with E-state index in [0.717, 1.165) is 16.7 Å². The van der Waals surface area contributed by atoms with Crippen LogP contribution in [0, 0.1) is 0 Å². The summed E-state index contributed by atoms with van der Waals surface area (Å²) in [7, 11) is 1.61. The second kappa shape index (κ2) is 10.9. The number of furan rings is 1. The van der Waals surface area contributed by atoms with Crippen LogP contribution < -0.4 is 15.0 Å². The molecule has 12 heteroatoms. The minimum Gasteiger partial charge on any atom is -0.468 e. The van der Waals surface area contributed by atoms with Crippen LogP contribution in [0.2, 0.25) is 5.02 Å². The molecular formula is C27H25ClN6O5. The summed E-state index contributed by atoms with van der Waals surface area (Å²) in [4.78, 5) is 18.8. The quantitative estimate of drug-likeness (QED) is 0.277. The number of H-pyrrole nitrogens is 1. The molecule has 1 aliphatic heterocycles. The summed E-state index contributed by atoms with van der Waals surface area (Å²) >= 11 is 6.15. The third kappa shape index (κ3) is 5.24. The fourth-order valence-electron chi connectivity index (χ4n) is 4.73. The molecule has 0 spiro atoms. The molecule has 39 heavy (non-hydrogen) atoms. The van der Waals surface area contributed by atoms with Crippen molar-refractivity contribution in [1.29, 1.82) is 0 Å². The average Bonchev–Trinajstić information content (AvgIpc) is 3.71. The van der Waals surface area contributed by atoms with Crippen molar-refractivity contribution in [1.82, 2.24) is 30.1 Å². The minimum absolute atomic E-state index is 0.137. The molecule has 0 unspecified atom stereocenters. The molecule has 0 saturated carbocycles. The molecule has 200 valence electrons. The Bertz CT molecular complexity index is 1630. The third-order valence-corrected chi connectivity index (χ3v) is 6.83. The molecule has 1 N–H and O–H groups in total. The van der Waals surface area contributed by atoms with Gasteiger partial charge in [-0.05, 0) is 52.4 Å². The van der Waals surface area contributed by atoms with E-state index < -0.39 is 6.04 Å². The molecule has 3 aromatic heterocycles. The topological polar surface area (TPSA) is 121 Å². The predicted molar refractivity (Wildman–Crippen MR) is 142 cm³/mol. The van der Waals surface area contributed by atoms with Gasteiger partial charge in [-0.1, -0.05) is 23.7 Å². The number of rotatable bonds is 10. The van der Waals surface area contributed by atoms with Crippen molar-refractivity contribution in [3.63, 3.8) is 0 Å². The number of hydrogen-bond donors (Lipinski definition) is 1. The fraction of sp³-hybridized carbons (Fsp3) is 0.259. The number of tetrazole rings is 1. The monoisotopic (exact) mass is 548 g/mol. The maximum absolute atomic E-state index is 13.7. The molecular weight excluding hydrogens is 524 g/mol. The Balaban J connectivity index is 1.51. The van der Waals surface area contributed by atoms with Crippen LogP contribution in [0.25, 0.3) is 10.9 Å². The smallest absolute Gasteiger partial charge is 0.253 e. The number of halogens is 1. The highest BCUT2D eigenvalue weighted by Gasteiger charge is 2.32. The Hall–Kier alpha value is -4.19. The van der Waals surface area contributed by atoms with Crippen LogP contribution >= 0.6 is 11.6 Å². The normalized spacial score (nSPS) is 13.4. The standard InChI is InChI=1S/C27H25ClN6O5/c1-36-10-8-34-26(30-31-32-34)25(21-11-18-12-23-24(39-16-38-23)13-22(18)29-27(21)35)33(15-20-3-2-9-37-20)14-17-4-6-19(28)7-5-17/h2-7,9,11-13,25H,8,10,14-16H2,1H3,(H,29,35)/t25-/m0/s1. The van der Waals surface area contributed by atoms with Crippen LogP contribution in [0.4, 0.5) is 0 Å². The summed E-state index contributed by atoms with van der Waals surface area (Å²) in [6.07, 6.45) is 1.62. The molecule has 5 aromatic rings. The molecule has 0 radical (unpaired) electrons. The van der Waals surface area contributed by atoms with Gasteiger partial charge in [0.1, 0.15) is 11.8 Å². The zero-order valence-corrected chi connectivity index (χ0v) is 21.8. The van der Waals surface area contributed by atoms with Crippen molar-refractivity contribution in [2.75, 3.05) is 20.5 Å². The maximum Gasteiger partial charge on any atom is 0.253 e. The Morgan fingerprint density at radius 1 is 1.13 bits per heavy atom. The van der Waals surface area contributed by atoms with Crippen molar-refractivity contribution >= 4 is 22.5 Å². The summed E-state index contributed by atoms with van der Waals surface area (Å²) in [6.45, 7) is 1.79. The fourth-order valence-corrected chi connectivity index (χ4v) is 4.85. The summed E-state index contributed by atoms with van der Waals surface area (Å²) in [5, 5.41) is 14.0. The highest BCUT2D eigenvalue weighted by molar-refractivity contribution is 6.30. The Morgan fingerprint density at radius 3 is 2.72 bits per heavy atom. The molecule has 0 amide bonds. The first-order valence-corrected chi connectivity index (χ1v) is 12.7. The molecule has 0 bridgehead atoms. The lowest BCUT2D eigenvalue weighted by molar-refractivity contribution is 0.163. The molecule has 1 aliphatic rings. The molecule has 0 fully saturated rings. The van der Waals surface area contributed by atoms with Crippen LogP contribution in [-0.2, 0) is 24.4 Å². The van der Waals surface area contributed by atoms with E-state index in [2.05, 4.69) is 25.4 Å². The average molecular weight is 549 g/mol. The minimum atomic E-state index is -0.642. The van der Waals surface area contributed by atoms with Gasteiger partial charge in [-0.15, -0.1) is 5.10 Å². The van der Waals surface area contributed by atoms with E-state index in [0.29, 0.717) is 59.7 Å². The molecule has 2 aromatic carbocycles. The number of methoxy groups -OCH3 is 1. The maximum atomic E-state index is 13.7. The third-order valence-electron chi connectivity index (χ3n) is 6.58. The van der Waals surface area contributed by atoms with Gasteiger partial charge >= 0.3 is 0 Å². The molecule has 0 saturated heterocycles. The molecule has 4 heterocycles. The van der Waals surface area contributed by atoms with Crippen LogP contribution in [0.5, 0.6) is 11.5 Å². The van der Waals surface area contributed by atoms with Gasteiger partial charge in [-0.25, -0.2) is 4.68 Å². The van der Waals surface area contributed by atoms with E-state index in [1.54, 1.807) is 24.1 Å². The van der Waals surface area contributed by atoms with Crippen LogP contribution in [0.3, 0.4) is 0 Å². The number of ether oxygens (including phenoxy) is 3. The van der Waals surface area contributed by atoms with E-state index in [-0.39, 0.29) is 12.4 Å². The largest absolute Gasteiger partial charge is 0.468 e. The molecule has 6 rings (SSSR count).